The molecule has 0 saturated heterocycles. The van der Waals surface area contributed by atoms with Crippen LogP contribution in [0.1, 0.15) is 96.8 Å². The zero-order chi connectivity index (χ0) is 16.7. The van der Waals surface area contributed by atoms with Gasteiger partial charge >= 0.3 is 0 Å². The van der Waals surface area contributed by atoms with Gasteiger partial charge in [0.1, 0.15) is 0 Å². The van der Waals surface area contributed by atoms with E-state index >= 15 is 0 Å². The number of nitrogens with two attached hydrogens (primary N) is 2. The predicted molar refractivity (Wildman–Crippen MR) is 94.4 cm³/mol. The van der Waals surface area contributed by atoms with Gasteiger partial charge in [0.05, 0.1) is 0 Å². The van der Waals surface area contributed by atoms with Crippen molar-refractivity contribution in [2.45, 2.75) is 96.8 Å². The van der Waals surface area contributed by atoms with E-state index in [0.717, 1.165) is 19.3 Å². The van der Waals surface area contributed by atoms with Gasteiger partial charge in [-0.2, -0.15) is 0 Å². The fourth-order valence-electron chi connectivity index (χ4n) is 2.55. The molecule has 0 atom stereocenters. The van der Waals surface area contributed by atoms with Gasteiger partial charge in [0.25, 0.3) is 7.59 Å². The molecular weight excluding hydrogens is 297 g/mol. The second-order valence-electron chi connectivity index (χ2n) is 6.24. The van der Waals surface area contributed by atoms with E-state index in [0.29, 0.717) is 6.42 Å². The maximum absolute atomic E-state index is 11.3. The van der Waals surface area contributed by atoms with E-state index in [1.165, 1.54) is 64.2 Å². The molecule has 6 heteroatoms. The number of carbonyl (C=O) groups is 1. The summed E-state index contributed by atoms with van der Waals surface area (Å²) in [6, 6.07) is 0. The topological polar surface area (TPSA) is 98.2 Å². The summed E-state index contributed by atoms with van der Waals surface area (Å²) < 4.78 is 11.0. The van der Waals surface area contributed by atoms with Crippen molar-refractivity contribution in [1.29, 1.82) is 0 Å². The third-order valence-electron chi connectivity index (χ3n) is 3.81. The summed E-state index contributed by atoms with van der Waals surface area (Å²) in [6.45, 7) is 2.25. The fraction of sp³-hybridized carbons (Fsp3) is 0.938. The summed E-state index contributed by atoms with van der Waals surface area (Å²) in [6.07, 6.45) is 16.8. The highest BCUT2D eigenvalue weighted by molar-refractivity contribution is 7.57. The molecule has 0 unspecified atom stereocenters. The van der Waals surface area contributed by atoms with E-state index in [1.54, 1.807) is 0 Å². The fourth-order valence-corrected chi connectivity index (χ4v) is 3.06. The molecular formula is C16H36N3O2P. The molecule has 0 aliphatic heterocycles. The smallest absolute Gasteiger partial charge is 0.283 e. The van der Waals surface area contributed by atoms with Crippen LogP contribution in [0.5, 0.6) is 0 Å². The van der Waals surface area contributed by atoms with Crippen molar-refractivity contribution >= 4 is 13.5 Å². The second-order valence-corrected chi connectivity index (χ2v) is 7.88. The normalized spacial score (nSPS) is 11.6. The number of carbonyl (C=O) groups excluding carboxylic acids is 1. The van der Waals surface area contributed by atoms with Crippen LogP contribution in [0, 0.1) is 0 Å². The maximum atomic E-state index is 11.3. The number of nitrogens with one attached hydrogen (secondary N) is 1. The highest BCUT2D eigenvalue weighted by atomic mass is 31.2. The number of amides is 1. The molecule has 5 N–H and O–H groups in total. The van der Waals surface area contributed by atoms with Gasteiger partial charge in [-0.15, -0.1) is 0 Å². The number of rotatable bonds is 15. The third-order valence-corrected chi connectivity index (χ3v) is 4.41. The predicted octanol–water partition coefficient (Wildman–Crippen LogP) is 4.61. The largest absolute Gasteiger partial charge is 0.300 e. The first-order chi connectivity index (χ1) is 10.5. The lowest BCUT2D eigenvalue weighted by Gasteiger charge is -2.08. The van der Waals surface area contributed by atoms with Gasteiger partial charge in [0, 0.05) is 6.42 Å². The molecule has 0 bridgehead atoms. The van der Waals surface area contributed by atoms with E-state index < -0.39 is 7.59 Å². The number of hydrogen-bond acceptors (Lipinski definition) is 2. The average Bonchev–Trinajstić information content (AvgIpc) is 2.42. The molecule has 0 fully saturated rings. The molecule has 0 radical (unpaired) electrons. The minimum atomic E-state index is -3.41. The molecule has 0 saturated carbocycles. The standard InChI is InChI=1S/C16H36N3O2P/c1-2-3-4-5-6-7-8-9-10-11-12-13-14-15-16(20)19-22(17,18)21/h2-15H2,1H3,(H5,17,18,19,20,21). The first kappa shape index (κ1) is 21.6. The van der Waals surface area contributed by atoms with Gasteiger partial charge < -0.3 is 0 Å². The van der Waals surface area contributed by atoms with Gasteiger partial charge in [-0.25, -0.2) is 0 Å². The van der Waals surface area contributed by atoms with E-state index in [-0.39, 0.29) is 5.91 Å². The Kier molecular flexibility index (Phi) is 14.0. The van der Waals surface area contributed by atoms with Gasteiger partial charge in [-0.1, -0.05) is 84.0 Å². The Morgan fingerprint density at radius 3 is 1.50 bits per heavy atom. The lowest BCUT2D eigenvalue weighted by molar-refractivity contribution is -0.119. The summed E-state index contributed by atoms with van der Waals surface area (Å²) in [5.74, 6) is -0.309. The first-order valence-electron chi connectivity index (χ1n) is 8.94. The lowest BCUT2D eigenvalue weighted by Crippen LogP contribution is -2.28. The molecule has 5 nitrogen and oxygen atoms in total. The monoisotopic (exact) mass is 333 g/mol. The molecule has 0 rings (SSSR count). The summed E-state index contributed by atoms with van der Waals surface area (Å²) in [7, 11) is -3.41. The van der Waals surface area contributed by atoms with Crippen molar-refractivity contribution in [3.63, 3.8) is 0 Å². The van der Waals surface area contributed by atoms with Crippen molar-refractivity contribution in [3.8, 4) is 0 Å². The van der Waals surface area contributed by atoms with Crippen LogP contribution >= 0.6 is 7.59 Å². The second kappa shape index (κ2) is 14.2. The van der Waals surface area contributed by atoms with Gasteiger partial charge in [-0.3, -0.25) is 25.5 Å². The Morgan fingerprint density at radius 2 is 1.14 bits per heavy atom. The average molecular weight is 333 g/mol. The SMILES string of the molecule is CCCCCCCCCCCCCCCC(=O)NP(N)(N)=O. The van der Waals surface area contributed by atoms with Gasteiger partial charge in [0.2, 0.25) is 5.91 Å². The van der Waals surface area contributed by atoms with Crippen LogP contribution in [-0.4, -0.2) is 5.91 Å². The Balaban J connectivity index is 3.17. The van der Waals surface area contributed by atoms with Gasteiger partial charge in [0.15, 0.2) is 0 Å². The van der Waals surface area contributed by atoms with Crippen LogP contribution in [0.4, 0.5) is 0 Å². The molecule has 0 spiro atoms. The van der Waals surface area contributed by atoms with Crippen molar-refractivity contribution in [2.24, 2.45) is 11.0 Å². The van der Waals surface area contributed by atoms with Crippen LogP contribution in [-0.2, 0) is 9.36 Å². The zero-order valence-electron chi connectivity index (χ0n) is 14.3. The Bertz CT molecular complexity index is 319. The van der Waals surface area contributed by atoms with E-state index in [2.05, 4.69) is 12.0 Å². The molecule has 0 aromatic rings. The minimum Gasteiger partial charge on any atom is -0.283 e. The van der Waals surface area contributed by atoms with Gasteiger partial charge in [-0.05, 0) is 6.42 Å². The highest BCUT2D eigenvalue weighted by Crippen LogP contribution is 2.18. The Labute approximate surface area is 136 Å². The van der Waals surface area contributed by atoms with Crippen LogP contribution in [0.3, 0.4) is 0 Å². The molecule has 132 valence electrons. The molecule has 0 heterocycles. The maximum Gasteiger partial charge on any atom is 0.300 e. The summed E-state index contributed by atoms with van der Waals surface area (Å²) in [5.41, 5.74) is 10.2. The summed E-state index contributed by atoms with van der Waals surface area (Å²) in [4.78, 5) is 11.3. The molecule has 0 aliphatic carbocycles. The molecule has 22 heavy (non-hydrogen) atoms. The van der Waals surface area contributed by atoms with Crippen molar-refractivity contribution in [3.05, 3.63) is 0 Å². The Hall–Kier alpha value is -0.380. The van der Waals surface area contributed by atoms with Crippen LogP contribution in [0.2, 0.25) is 0 Å². The Morgan fingerprint density at radius 1 is 0.773 bits per heavy atom. The van der Waals surface area contributed by atoms with E-state index in [4.69, 9.17) is 11.0 Å². The third kappa shape index (κ3) is 17.7. The molecule has 0 aromatic heterocycles. The minimum absolute atomic E-state index is 0.309. The van der Waals surface area contributed by atoms with E-state index in [1.807, 2.05) is 0 Å². The van der Waals surface area contributed by atoms with Crippen LogP contribution < -0.4 is 16.1 Å². The molecule has 0 aliphatic rings. The highest BCUT2D eigenvalue weighted by Gasteiger charge is 2.11. The number of hydrogen-bond donors (Lipinski definition) is 3. The van der Waals surface area contributed by atoms with Crippen LogP contribution in [0.15, 0.2) is 0 Å². The zero-order valence-corrected chi connectivity index (χ0v) is 15.2. The molecule has 1 amide bonds. The van der Waals surface area contributed by atoms with Crippen molar-refractivity contribution in [1.82, 2.24) is 5.09 Å². The quantitative estimate of drug-likeness (QED) is 0.301. The lowest BCUT2D eigenvalue weighted by atomic mass is 10.0. The summed E-state index contributed by atoms with van der Waals surface area (Å²) >= 11 is 0. The van der Waals surface area contributed by atoms with E-state index in [9.17, 15) is 9.36 Å². The summed E-state index contributed by atoms with van der Waals surface area (Å²) in [5, 5.41) is 2.13. The van der Waals surface area contributed by atoms with Crippen LogP contribution in [0.25, 0.3) is 0 Å². The first-order valence-corrected chi connectivity index (χ1v) is 10.8. The van der Waals surface area contributed by atoms with Crippen molar-refractivity contribution in [2.75, 3.05) is 0 Å². The number of unbranched alkanes of at least 4 members (excludes halogenated alkanes) is 12. The molecule has 0 aromatic carbocycles. The van der Waals surface area contributed by atoms with Crippen molar-refractivity contribution < 1.29 is 9.36 Å².